The van der Waals surface area contributed by atoms with Gasteiger partial charge in [-0.1, -0.05) is 6.07 Å². The van der Waals surface area contributed by atoms with Crippen LogP contribution in [0.15, 0.2) is 18.2 Å². The number of hydrogen-bond acceptors (Lipinski definition) is 5. The van der Waals surface area contributed by atoms with Crippen LogP contribution in [0.4, 0.5) is 0 Å². The van der Waals surface area contributed by atoms with Crippen LogP contribution in [-0.2, 0) is 6.61 Å². The maximum atomic E-state index is 9.54. The maximum Gasteiger partial charge on any atom is 0.161 e. The molecule has 1 aromatic rings. The molecule has 0 amide bonds. The van der Waals surface area contributed by atoms with Crippen LogP contribution in [0.1, 0.15) is 25.3 Å². The van der Waals surface area contributed by atoms with Crippen molar-refractivity contribution in [3.05, 3.63) is 23.8 Å². The molecule has 1 saturated carbocycles. The van der Waals surface area contributed by atoms with Crippen molar-refractivity contribution in [2.24, 2.45) is 0 Å². The molecule has 1 unspecified atom stereocenters. The van der Waals surface area contributed by atoms with Gasteiger partial charge in [-0.3, -0.25) is 0 Å². The number of ether oxygens (including phenoxy) is 2. The van der Waals surface area contributed by atoms with Crippen molar-refractivity contribution in [3.8, 4) is 11.5 Å². The van der Waals surface area contributed by atoms with E-state index in [0.29, 0.717) is 24.1 Å². The first-order valence-electron chi connectivity index (χ1n) is 6.89. The van der Waals surface area contributed by atoms with Crippen LogP contribution in [0.3, 0.4) is 0 Å². The molecule has 1 aliphatic rings. The van der Waals surface area contributed by atoms with Gasteiger partial charge in [0.1, 0.15) is 6.61 Å². The highest BCUT2D eigenvalue weighted by Crippen LogP contribution is 2.29. The molecular formula is C15H23NO4. The monoisotopic (exact) mass is 281 g/mol. The second-order valence-corrected chi connectivity index (χ2v) is 5.57. The summed E-state index contributed by atoms with van der Waals surface area (Å²) in [5.74, 6) is 1.20. The van der Waals surface area contributed by atoms with Gasteiger partial charge >= 0.3 is 0 Å². The van der Waals surface area contributed by atoms with Crippen molar-refractivity contribution in [3.63, 3.8) is 0 Å². The standard InChI is InChI=1S/C15H23NO4/c1-15(9-18,16-12-4-5-12)10-20-13-6-3-11(8-17)7-14(13)19-2/h3,6-7,12,16-18H,4-5,8-10H2,1-2H3. The second kappa shape index (κ2) is 6.43. The number of hydrogen-bond donors (Lipinski definition) is 3. The topological polar surface area (TPSA) is 71.0 Å². The molecule has 1 aromatic carbocycles. The number of methoxy groups -OCH3 is 1. The average molecular weight is 281 g/mol. The zero-order valence-electron chi connectivity index (χ0n) is 12.1. The van der Waals surface area contributed by atoms with E-state index in [1.165, 1.54) is 0 Å². The van der Waals surface area contributed by atoms with Gasteiger partial charge in [-0.2, -0.15) is 0 Å². The third kappa shape index (κ3) is 3.85. The van der Waals surface area contributed by atoms with Gasteiger partial charge < -0.3 is 25.0 Å². The molecule has 20 heavy (non-hydrogen) atoms. The Morgan fingerprint density at radius 2 is 2.05 bits per heavy atom. The molecular weight excluding hydrogens is 258 g/mol. The van der Waals surface area contributed by atoms with Crippen LogP contribution < -0.4 is 14.8 Å². The maximum absolute atomic E-state index is 9.54. The predicted octanol–water partition coefficient (Wildman–Crippen LogP) is 1.07. The highest BCUT2D eigenvalue weighted by Gasteiger charge is 2.32. The lowest BCUT2D eigenvalue weighted by molar-refractivity contribution is 0.112. The second-order valence-electron chi connectivity index (χ2n) is 5.57. The van der Waals surface area contributed by atoms with E-state index in [1.54, 1.807) is 25.3 Å². The Kier molecular flexibility index (Phi) is 4.86. The predicted molar refractivity (Wildman–Crippen MR) is 76.1 cm³/mol. The van der Waals surface area contributed by atoms with Gasteiger partial charge in [0.05, 0.1) is 25.9 Å². The Labute approximate surface area is 119 Å². The summed E-state index contributed by atoms with van der Waals surface area (Å²) in [5, 5.41) is 22.0. The summed E-state index contributed by atoms with van der Waals surface area (Å²) in [6, 6.07) is 5.82. The summed E-state index contributed by atoms with van der Waals surface area (Å²) in [6.07, 6.45) is 2.31. The SMILES string of the molecule is COc1cc(CO)ccc1OCC(C)(CO)NC1CC1. The largest absolute Gasteiger partial charge is 0.493 e. The summed E-state index contributed by atoms with van der Waals surface area (Å²) in [4.78, 5) is 0. The smallest absolute Gasteiger partial charge is 0.161 e. The van der Waals surface area contributed by atoms with Crippen molar-refractivity contribution >= 4 is 0 Å². The van der Waals surface area contributed by atoms with Crippen LogP contribution in [-0.4, -0.2) is 42.1 Å². The number of benzene rings is 1. The van der Waals surface area contributed by atoms with E-state index >= 15 is 0 Å². The molecule has 1 atom stereocenters. The van der Waals surface area contributed by atoms with Gasteiger partial charge in [0.2, 0.25) is 0 Å². The molecule has 0 aliphatic heterocycles. The number of nitrogens with one attached hydrogen (secondary N) is 1. The molecule has 0 heterocycles. The first-order chi connectivity index (χ1) is 9.60. The van der Waals surface area contributed by atoms with Crippen molar-refractivity contribution in [2.75, 3.05) is 20.3 Å². The van der Waals surface area contributed by atoms with E-state index in [-0.39, 0.29) is 13.2 Å². The quantitative estimate of drug-likeness (QED) is 0.665. The third-order valence-electron chi connectivity index (χ3n) is 3.44. The molecule has 0 bridgehead atoms. The van der Waals surface area contributed by atoms with Gasteiger partial charge in [0, 0.05) is 6.04 Å². The molecule has 0 spiro atoms. The lowest BCUT2D eigenvalue weighted by atomic mass is 10.1. The first kappa shape index (κ1) is 15.1. The summed E-state index contributed by atoms with van der Waals surface area (Å²) < 4.78 is 11.0. The average Bonchev–Trinajstić information content (AvgIpc) is 3.28. The molecule has 5 nitrogen and oxygen atoms in total. The van der Waals surface area contributed by atoms with Crippen LogP contribution >= 0.6 is 0 Å². The fourth-order valence-corrected chi connectivity index (χ4v) is 2.02. The third-order valence-corrected chi connectivity index (χ3v) is 3.44. The molecule has 0 radical (unpaired) electrons. The van der Waals surface area contributed by atoms with E-state index in [2.05, 4.69) is 5.32 Å². The van der Waals surface area contributed by atoms with Gasteiger partial charge in [-0.25, -0.2) is 0 Å². The molecule has 1 aliphatic carbocycles. The van der Waals surface area contributed by atoms with Crippen LogP contribution in [0.2, 0.25) is 0 Å². The van der Waals surface area contributed by atoms with Crippen molar-refractivity contribution in [1.29, 1.82) is 0 Å². The van der Waals surface area contributed by atoms with E-state index in [0.717, 1.165) is 18.4 Å². The van der Waals surface area contributed by atoms with Crippen LogP contribution in [0.5, 0.6) is 11.5 Å². The molecule has 0 saturated heterocycles. The molecule has 3 N–H and O–H groups in total. The van der Waals surface area contributed by atoms with E-state index in [1.807, 2.05) is 6.92 Å². The summed E-state index contributed by atoms with van der Waals surface area (Å²) >= 11 is 0. The Hall–Kier alpha value is -1.30. The van der Waals surface area contributed by atoms with Gasteiger partial charge in [0.15, 0.2) is 11.5 Å². The Morgan fingerprint density at radius 3 is 2.60 bits per heavy atom. The zero-order chi connectivity index (χ0) is 14.6. The number of rotatable bonds is 8. The summed E-state index contributed by atoms with van der Waals surface area (Å²) in [5.41, 5.74) is 0.317. The Morgan fingerprint density at radius 1 is 1.30 bits per heavy atom. The Bertz CT molecular complexity index is 447. The lowest BCUT2D eigenvalue weighted by Gasteiger charge is -2.29. The molecule has 5 heteroatoms. The van der Waals surface area contributed by atoms with Crippen molar-refractivity contribution in [1.82, 2.24) is 5.32 Å². The van der Waals surface area contributed by atoms with Gasteiger partial charge in [-0.15, -0.1) is 0 Å². The highest BCUT2D eigenvalue weighted by atomic mass is 16.5. The first-order valence-corrected chi connectivity index (χ1v) is 6.89. The fourth-order valence-electron chi connectivity index (χ4n) is 2.02. The van der Waals surface area contributed by atoms with Crippen LogP contribution in [0.25, 0.3) is 0 Å². The fraction of sp³-hybridized carbons (Fsp3) is 0.600. The number of aliphatic hydroxyl groups excluding tert-OH is 2. The van der Waals surface area contributed by atoms with Crippen molar-refractivity contribution in [2.45, 2.75) is 38.0 Å². The van der Waals surface area contributed by atoms with Gasteiger partial charge in [0.25, 0.3) is 0 Å². The highest BCUT2D eigenvalue weighted by molar-refractivity contribution is 5.42. The molecule has 112 valence electrons. The molecule has 0 aromatic heterocycles. The minimum Gasteiger partial charge on any atom is -0.493 e. The lowest BCUT2D eigenvalue weighted by Crippen LogP contribution is -2.51. The van der Waals surface area contributed by atoms with E-state index in [4.69, 9.17) is 14.6 Å². The van der Waals surface area contributed by atoms with E-state index < -0.39 is 5.54 Å². The van der Waals surface area contributed by atoms with Crippen molar-refractivity contribution < 1.29 is 19.7 Å². The summed E-state index contributed by atoms with van der Waals surface area (Å²) in [6.45, 7) is 2.28. The van der Waals surface area contributed by atoms with Crippen LogP contribution in [0, 0.1) is 0 Å². The number of aliphatic hydroxyl groups is 2. The Balaban J connectivity index is 2.01. The summed E-state index contributed by atoms with van der Waals surface area (Å²) in [7, 11) is 1.57. The zero-order valence-corrected chi connectivity index (χ0v) is 12.1. The normalized spacial score (nSPS) is 17.6. The minimum absolute atomic E-state index is 0.0144. The van der Waals surface area contributed by atoms with Gasteiger partial charge in [-0.05, 0) is 37.5 Å². The minimum atomic E-state index is -0.457. The van der Waals surface area contributed by atoms with E-state index in [9.17, 15) is 5.11 Å². The molecule has 1 fully saturated rings. The molecule has 2 rings (SSSR count).